The normalized spacial score (nSPS) is 10.6. The molecular formula is C18H15F2N3O. The first-order valence-electron chi connectivity index (χ1n) is 7.47. The Kier molecular flexibility index (Phi) is 4.65. The van der Waals surface area contributed by atoms with Crippen LogP contribution in [0.3, 0.4) is 0 Å². The third-order valence-electron chi connectivity index (χ3n) is 3.50. The third-order valence-corrected chi connectivity index (χ3v) is 3.50. The maximum atomic E-state index is 13.5. The average Bonchev–Trinajstić information content (AvgIpc) is 2.58. The smallest absolute Gasteiger partial charge is 0.257 e. The molecule has 122 valence electrons. The Morgan fingerprint density at radius 3 is 2.46 bits per heavy atom. The number of halogens is 2. The van der Waals surface area contributed by atoms with Gasteiger partial charge in [0.25, 0.3) is 5.91 Å². The number of aromatic nitrogens is 1. The van der Waals surface area contributed by atoms with Crippen LogP contribution in [0.1, 0.15) is 10.4 Å². The number of carbonyl (C=O) groups excluding carboxylic acids is 1. The van der Waals surface area contributed by atoms with Crippen molar-refractivity contribution in [3.63, 3.8) is 0 Å². The van der Waals surface area contributed by atoms with E-state index in [1.54, 1.807) is 0 Å². The fourth-order valence-electron chi connectivity index (χ4n) is 2.33. The highest BCUT2D eigenvalue weighted by Gasteiger charge is 2.16. The minimum atomic E-state index is -0.878. The van der Waals surface area contributed by atoms with Crippen LogP contribution in [-0.4, -0.2) is 24.0 Å². The molecule has 0 saturated carbocycles. The van der Waals surface area contributed by atoms with Gasteiger partial charge in [-0.15, -0.1) is 0 Å². The molecule has 2 N–H and O–H groups in total. The molecule has 0 spiro atoms. The molecule has 0 aliphatic rings. The first kappa shape index (κ1) is 15.9. The first-order valence-corrected chi connectivity index (χ1v) is 7.47. The third kappa shape index (κ3) is 3.48. The van der Waals surface area contributed by atoms with Crippen LogP contribution in [0, 0.1) is 11.6 Å². The lowest BCUT2D eigenvalue weighted by Crippen LogP contribution is -2.30. The van der Waals surface area contributed by atoms with Gasteiger partial charge in [-0.25, -0.2) is 13.8 Å². The summed E-state index contributed by atoms with van der Waals surface area (Å²) in [5, 5.41) is 6.57. The van der Waals surface area contributed by atoms with Gasteiger partial charge in [0.15, 0.2) is 0 Å². The number of anilines is 1. The maximum absolute atomic E-state index is 13.5. The molecule has 0 aliphatic carbocycles. The zero-order valence-electron chi connectivity index (χ0n) is 12.7. The second kappa shape index (κ2) is 7.04. The lowest BCUT2D eigenvalue weighted by atomic mass is 10.2. The monoisotopic (exact) mass is 327 g/mol. The van der Waals surface area contributed by atoms with Crippen molar-refractivity contribution < 1.29 is 13.6 Å². The Hall–Kier alpha value is -3.02. The fraction of sp³-hybridized carbons (Fsp3) is 0.111. The van der Waals surface area contributed by atoms with E-state index in [9.17, 15) is 13.6 Å². The molecule has 1 amide bonds. The van der Waals surface area contributed by atoms with Crippen LogP contribution >= 0.6 is 0 Å². The fourth-order valence-corrected chi connectivity index (χ4v) is 2.33. The molecule has 0 fully saturated rings. The van der Waals surface area contributed by atoms with E-state index >= 15 is 0 Å². The molecular weight excluding hydrogens is 312 g/mol. The predicted molar refractivity (Wildman–Crippen MR) is 88.9 cm³/mol. The second-order valence-electron chi connectivity index (χ2n) is 5.17. The first-order chi connectivity index (χ1) is 11.6. The van der Waals surface area contributed by atoms with Gasteiger partial charge < -0.3 is 10.6 Å². The summed E-state index contributed by atoms with van der Waals surface area (Å²) in [6.07, 6.45) is 0. The summed E-state index contributed by atoms with van der Waals surface area (Å²) >= 11 is 0. The summed E-state index contributed by atoms with van der Waals surface area (Å²) in [7, 11) is 0. The van der Waals surface area contributed by atoms with Gasteiger partial charge >= 0.3 is 0 Å². The molecule has 0 atom stereocenters. The number of fused-ring (bicyclic) bond motifs is 1. The summed E-state index contributed by atoms with van der Waals surface area (Å²) in [5.41, 5.74) is 0.293. The molecule has 0 bridgehead atoms. The molecule has 6 heteroatoms. The van der Waals surface area contributed by atoms with Gasteiger partial charge in [-0.3, -0.25) is 4.79 Å². The molecule has 3 rings (SSSR count). The van der Waals surface area contributed by atoms with E-state index in [1.165, 1.54) is 6.07 Å². The maximum Gasteiger partial charge on any atom is 0.257 e. The van der Waals surface area contributed by atoms with Gasteiger partial charge in [-0.1, -0.05) is 24.3 Å². The average molecular weight is 327 g/mol. The Morgan fingerprint density at radius 2 is 1.67 bits per heavy atom. The molecule has 2 aromatic carbocycles. The van der Waals surface area contributed by atoms with Gasteiger partial charge in [0, 0.05) is 18.5 Å². The quantitative estimate of drug-likeness (QED) is 0.707. The van der Waals surface area contributed by atoms with E-state index in [4.69, 9.17) is 0 Å². The minimum absolute atomic E-state index is 0.209. The highest BCUT2D eigenvalue weighted by Crippen LogP contribution is 2.14. The summed E-state index contributed by atoms with van der Waals surface area (Å²) in [6.45, 7) is 0.592. The van der Waals surface area contributed by atoms with Crippen LogP contribution in [0.25, 0.3) is 10.9 Å². The Labute approximate surface area is 137 Å². The van der Waals surface area contributed by atoms with Crippen LogP contribution in [-0.2, 0) is 0 Å². The largest absolute Gasteiger partial charge is 0.368 e. The summed E-state index contributed by atoms with van der Waals surface area (Å²) in [4.78, 5) is 16.3. The van der Waals surface area contributed by atoms with Gasteiger partial charge in [0.1, 0.15) is 23.0 Å². The molecule has 0 saturated heterocycles. The molecule has 0 unspecified atom stereocenters. The lowest BCUT2D eigenvalue weighted by molar-refractivity contribution is 0.0946. The number of hydrogen-bond donors (Lipinski definition) is 2. The van der Waals surface area contributed by atoms with E-state index in [1.807, 2.05) is 36.4 Å². The molecule has 1 aromatic heterocycles. The predicted octanol–water partition coefficient (Wildman–Crippen LogP) is 3.35. The summed E-state index contributed by atoms with van der Waals surface area (Å²) in [5.74, 6) is -1.87. The number of rotatable bonds is 5. The zero-order chi connectivity index (χ0) is 16.9. The van der Waals surface area contributed by atoms with Crippen molar-refractivity contribution in [3.05, 3.63) is 71.8 Å². The number of amides is 1. The summed E-state index contributed by atoms with van der Waals surface area (Å²) < 4.78 is 27.0. The second-order valence-corrected chi connectivity index (χ2v) is 5.17. The summed E-state index contributed by atoms with van der Waals surface area (Å²) in [6, 6.07) is 14.8. The van der Waals surface area contributed by atoms with Crippen molar-refractivity contribution >= 4 is 22.6 Å². The highest BCUT2D eigenvalue weighted by atomic mass is 19.1. The van der Waals surface area contributed by atoms with E-state index in [-0.39, 0.29) is 6.54 Å². The number of para-hydroxylation sites is 1. The van der Waals surface area contributed by atoms with Crippen molar-refractivity contribution in [1.29, 1.82) is 0 Å². The molecule has 24 heavy (non-hydrogen) atoms. The number of nitrogens with zero attached hydrogens (tertiary/aromatic N) is 1. The zero-order valence-corrected chi connectivity index (χ0v) is 12.7. The standard InChI is InChI=1S/C18H15F2N3O/c19-13-5-3-6-14(20)17(13)18(24)22-11-10-21-16-9-8-12-4-1-2-7-15(12)23-16/h1-9H,10-11H2,(H,21,23)(H,22,24). The van der Waals surface area contributed by atoms with Crippen LogP contribution < -0.4 is 10.6 Å². The lowest BCUT2D eigenvalue weighted by Gasteiger charge is -2.09. The van der Waals surface area contributed by atoms with Crippen molar-refractivity contribution in [2.75, 3.05) is 18.4 Å². The number of nitrogens with one attached hydrogen (secondary N) is 2. The van der Waals surface area contributed by atoms with Gasteiger partial charge in [-0.05, 0) is 30.3 Å². The topological polar surface area (TPSA) is 54.0 Å². The SMILES string of the molecule is O=C(NCCNc1ccc2ccccc2n1)c1c(F)cccc1F. The van der Waals surface area contributed by atoms with Crippen molar-refractivity contribution in [3.8, 4) is 0 Å². The van der Waals surface area contributed by atoms with E-state index in [0.29, 0.717) is 12.4 Å². The van der Waals surface area contributed by atoms with E-state index in [2.05, 4.69) is 15.6 Å². The van der Waals surface area contributed by atoms with Crippen LogP contribution in [0.2, 0.25) is 0 Å². The Morgan fingerprint density at radius 1 is 0.917 bits per heavy atom. The Balaban J connectivity index is 1.55. The number of benzene rings is 2. The van der Waals surface area contributed by atoms with E-state index < -0.39 is 23.1 Å². The van der Waals surface area contributed by atoms with Gasteiger partial charge in [0.2, 0.25) is 0 Å². The number of pyridine rings is 1. The van der Waals surface area contributed by atoms with Crippen LogP contribution in [0.5, 0.6) is 0 Å². The van der Waals surface area contributed by atoms with Crippen molar-refractivity contribution in [2.45, 2.75) is 0 Å². The van der Waals surface area contributed by atoms with Crippen molar-refractivity contribution in [1.82, 2.24) is 10.3 Å². The molecule has 0 aliphatic heterocycles. The van der Waals surface area contributed by atoms with Crippen LogP contribution in [0.4, 0.5) is 14.6 Å². The van der Waals surface area contributed by atoms with E-state index in [0.717, 1.165) is 23.0 Å². The Bertz CT molecular complexity index is 863. The van der Waals surface area contributed by atoms with Crippen molar-refractivity contribution in [2.24, 2.45) is 0 Å². The van der Waals surface area contributed by atoms with Gasteiger partial charge in [0.05, 0.1) is 5.52 Å². The molecule has 4 nitrogen and oxygen atoms in total. The highest BCUT2D eigenvalue weighted by molar-refractivity contribution is 5.94. The molecule has 0 radical (unpaired) electrons. The minimum Gasteiger partial charge on any atom is -0.368 e. The molecule has 3 aromatic rings. The number of hydrogen-bond acceptors (Lipinski definition) is 3. The molecule has 1 heterocycles. The van der Waals surface area contributed by atoms with Crippen LogP contribution in [0.15, 0.2) is 54.6 Å². The number of carbonyl (C=O) groups is 1. The van der Waals surface area contributed by atoms with Gasteiger partial charge in [-0.2, -0.15) is 0 Å².